The molecule has 0 saturated carbocycles. The minimum Gasteiger partial charge on any atom is -0.0649 e. The summed E-state index contributed by atoms with van der Waals surface area (Å²) < 4.78 is 0. The van der Waals surface area contributed by atoms with E-state index in [4.69, 9.17) is 0 Å². The Morgan fingerprint density at radius 1 is 0.750 bits per heavy atom. The Hall–Kier alpha value is 0. The second-order valence-electron chi connectivity index (χ2n) is 5.58. The Labute approximate surface area is 78.8 Å². The van der Waals surface area contributed by atoms with Gasteiger partial charge < -0.3 is 0 Å². The molecule has 0 rings (SSSR count). The van der Waals surface area contributed by atoms with Crippen LogP contribution >= 0.6 is 0 Å². The largest absolute Gasteiger partial charge is 0.0649 e. The maximum absolute atomic E-state index is 2.42. The van der Waals surface area contributed by atoms with Crippen molar-refractivity contribution in [3.63, 3.8) is 0 Å². The fraction of sp³-hybridized carbons (Fsp3) is 1.00. The van der Waals surface area contributed by atoms with E-state index in [2.05, 4.69) is 41.5 Å². The van der Waals surface area contributed by atoms with Crippen LogP contribution in [0.15, 0.2) is 0 Å². The van der Waals surface area contributed by atoms with Crippen molar-refractivity contribution in [1.82, 2.24) is 0 Å². The molecule has 0 spiro atoms. The van der Waals surface area contributed by atoms with Crippen molar-refractivity contribution in [3.05, 3.63) is 0 Å². The smallest absolute Gasteiger partial charge is 0.0331 e. The van der Waals surface area contributed by atoms with Gasteiger partial charge in [0, 0.05) is 0 Å². The van der Waals surface area contributed by atoms with Crippen LogP contribution in [0.2, 0.25) is 0 Å². The molecule has 74 valence electrons. The molecule has 0 bridgehead atoms. The summed E-state index contributed by atoms with van der Waals surface area (Å²) in [4.78, 5) is 0. The van der Waals surface area contributed by atoms with Crippen LogP contribution in [0.1, 0.15) is 67.2 Å². The zero-order valence-corrected chi connectivity index (χ0v) is 9.83. The second kappa shape index (κ2) is 4.30. The van der Waals surface area contributed by atoms with Gasteiger partial charge in [0.1, 0.15) is 0 Å². The molecule has 0 nitrogen and oxygen atoms in total. The van der Waals surface area contributed by atoms with Gasteiger partial charge in [-0.3, -0.25) is 0 Å². The topological polar surface area (TPSA) is 0 Å². The third-order valence-corrected chi connectivity index (χ3v) is 3.19. The molecule has 0 heteroatoms. The molecule has 0 aliphatic heterocycles. The average molecular weight is 170 g/mol. The van der Waals surface area contributed by atoms with E-state index >= 15 is 0 Å². The fourth-order valence-corrected chi connectivity index (χ4v) is 1.28. The van der Waals surface area contributed by atoms with E-state index < -0.39 is 0 Å². The molecule has 0 unspecified atom stereocenters. The Morgan fingerprint density at radius 2 is 1.17 bits per heavy atom. The number of rotatable bonds is 4. The number of hydrogen-bond donors (Lipinski definition) is 0. The van der Waals surface area contributed by atoms with Crippen molar-refractivity contribution in [2.24, 2.45) is 10.8 Å². The minimum absolute atomic E-state index is 0.506. The first-order valence-electron chi connectivity index (χ1n) is 5.33. The maximum Gasteiger partial charge on any atom is -0.0331 e. The van der Waals surface area contributed by atoms with E-state index in [1.54, 1.807) is 0 Å². The van der Waals surface area contributed by atoms with E-state index in [0.717, 1.165) is 0 Å². The Bertz CT molecular complexity index is 112. The first-order valence-corrected chi connectivity index (χ1v) is 5.33. The average Bonchev–Trinajstić information content (AvgIpc) is 1.99. The minimum atomic E-state index is 0.506. The zero-order chi connectivity index (χ0) is 9.83. The first-order chi connectivity index (χ1) is 5.33. The Balaban J connectivity index is 3.89. The predicted molar refractivity (Wildman–Crippen MR) is 57.4 cm³/mol. The van der Waals surface area contributed by atoms with E-state index in [0.29, 0.717) is 10.8 Å². The lowest BCUT2D eigenvalue weighted by Crippen LogP contribution is -2.17. The third-order valence-electron chi connectivity index (χ3n) is 3.19. The van der Waals surface area contributed by atoms with Crippen LogP contribution in [0.5, 0.6) is 0 Å². The quantitative estimate of drug-likeness (QED) is 0.576. The Kier molecular flexibility index (Phi) is 4.30. The molecule has 0 aliphatic rings. The standard InChI is InChI=1S/C12H26/c1-7-12(6,8-2)10-9-11(3,4)5/h7-10H2,1-6H3. The second-order valence-corrected chi connectivity index (χ2v) is 5.58. The van der Waals surface area contributed by atoms with Crippen molar-refractivity contribution in [2.75, 3.05) is 0 Å². The van der Waals surface area contributed by atoms with Crippen molar-refractivity contribution >= 4 is 0 Å². The van der Waals surface area contributed by atoms with E-state index in [1.807, 2.05) is 0 Å². The summed E-state index contributed by atoms with van der Waals surface area (Å²) in [6.45, 7) is 14.0. The zero-order valence-electron chi connectivity index (χ0n) is 9.83. The van der Waals surface area contributed by atoms with Crippen LogP contribution in [0.3, 0.4) is 0 Å². The van der Waals surface area contributed by atoms with Gasteiger partial charge in [-0.2, -0.15) is 0 Å². The van der Waals surface area contributed by atoms with Crippen molar-refractivity contribution in [2.45, 2.75) is 67.2 Å². The normalized spacial score (nSPS) is 13.5. The van der Waals surface area contributed by atoms with Crippen LogP contribution < -0.4 is 0 Å². The molecule has 0 amide bonds. The maximum atomic E-state index is 2.42. The lowest BCUT2D eigenvalue weighted by atomic mass is 9.76. The van der Waals surface area contributed by atoms with Gasteiger partial charge in [0.2, 0.25) is 0 Å². The highest BCUT2D eigenvalue weighted by molar-refractivity contribution is 4.74. The summed E-state index contributed by atoms with van der Waals surface area (Å²) in [5, 5.41) is 0. The molecular formula is C12H26. The van der Waals surface area contributed by atoms with E-state index in [9.17, 15) is 0 Å². The molecule has 0 heterocycles. The van der Waals surface area contributed by atoms with Crippen molar-refractivity contribution in [1.29, 1.82) is 0 Å². The summed E-state index contributed by atoms with van der Waals surface area (Å²) in [7, 11) is 0. The lowest BCUT2D eigenvalue weighted by Gasteiger charge is -2.30. The monoisotopic (exact) mass is 170 g/mol. The summed E-state index contributed by atoms with van der Waals surface area (Å²) >= 11 is 0. The van der Waals surface area contributed by atoms with Gasteiger partial charge in [-0.25, -0.2) is 0 Å². The van der Waals surface area contributed by atoms with Crippen molar-refractivity contribution in [3.8, 4) is 0 Å². The van der Waals surface area contributed by atoms with Crippen molar-refractivity contribution < 1.29 is 0 Å². The molecule has 0 aliphatic carbocycles. The van der Waals surface area contributed by atoms with Crippen LogP contribution in [0, 0.1) is 10.8 Å². The summed E-state index contributed by atoms with van der Waals surface area (Å²) in [6.07, 6.45) is 5.37. The van der Waals surface area contributed by atoms with Gasteiger partial charge in [0.15, 0.2) is 0 Å². The van der Waals surface area contributed by atoms with E-state index in [1.165, 1.54) is 25.7 Å². The molecule has 0 aromatic rings. The van der Waals surface area contributed by atoms with Crippen LogP contribution in [-0.2, 0) is 0 Å². The highest BCUT2D eigenvalue weighted by Gasteiger charge is 2.22. The molecule has 0 saturated heterocycles. The summed E-state index contributed by atoms with van der Waals surface area (Å²) in [5.41, 5.74) is 1.10. The highest BCUT2D eigenvalue weighted by Crippen LogP contribution is 2.35. The molecule has 12 heavy (non-hydrogen) atoms. The van der Waals surface area contributed by atoms with Gasteiger partial charge in [0.05, 0.1) is 0 Å². The highest BCUT2D eigenvalue weighted by atomic mass is 14.3. The van der Waals surface area contributed by atoms with Crippen LogP contribution in [0.25, 0.3) is 0 Å². The molecule has 0 radical (unpaired) electrons. The van der Waals surface area contributed by atoms with Gasteiger partial charge in [0.25, 0.3) is 0 Å². The summed E-state index contributed by atoms with van der Waals surface area (Å²) in [5.74, 6) is 0. The molecule has 0 fully saturated rings. The first kappa shape index (κ1) is 12.0. The molecule has 0 aromatic heterocycles. The van der Waals surface area contributed by atoms with Gasteiger partial charge >= 0.3 is 0 Å². The third kappa shape index (κ3) is 4.79. The van der Waals surface area contributed by atoms with Crippen LogP contribution in [0.4, 0.5) is 0 Å². The summed E-state index contributed by atoms with van der Waals surface area (Å²) in [6, 6.07) is 0. The van der Waals surface area contributed by atoms with Gasteiger partial charge in [-0.1, -0.05) is 54.4 Å². The van der Waals surface area contributed by atoms with Gasteiger partial charge in [-0.05, 0) is 23.7 Å². The lowest BCUT2D eigenvalue weighted by molar-refractivity contribution is 0.219. The van der Waals surface area contributed by atoms with E-state index in [-0.39, 0.29) is 0 Å². The molecule has 0 N–H and O–H groups in total. The fourth-order valence-electron chi connectivity index (χ4n) is 1.28. The predicted octanol–water partition coefficient (Wildman–Crippen LogP) is 4.64. The molecular weight excluding hydrogens is 144 g/mol. The SMILES string of the molecule is CCC(C)(CC)CCC(C)(C)C. The molecule has 0 atom stereocenters. The number of hydrogen-bond acceptors (Lipinski definition) is 0. The Morgan fingerprint density at radius 3 is 1.42 bits per heavy atom. The molecule has 0 aromatic carbocycles. The van der Waals surface area contributed by atoms with Crippen LogP contribution in [-0.4, -0.2) is 0 Å². The van der Waals surface area contributed by atoms with Gasteiger partial charge in [-0.15, -0.1) is 0 Å².